The molecular weight excluding hydrogens is 330 g/mol. The van der Waals surface area contributed by atoms with Crippen LogP contribution in [0.3, 0.4) is 0 Å². The maximum absolute atomic E-state index is 12.6. The van der Waals surface area contributed by atoms with Crippen LogP contribution in [-0.2, 0) is 0 Å². The minimum atomic E-state index is -0.209. The number of nitrogens with zero attached hydrogens (tertiary/aromatic N) is 4. The van der Waals surface area contributed by atoms with E-state index in [0.29, 0.717) is 23.6 Å². The third-order valence-electron chi connectivity index (χ3n) is 3.74. The van der Waals surface area contributed by atoms with Crippen molar-refractivity contribution < 1.29 is 9.53 Å². The van der Waals surface area contributed by atoms with Crippen LogP contribution in [0, 0.1) is 0 Å². The highest BCUT2D eigenvalue weighted by Gasteiger charge is 2.12. The maximum Gasteiger partial charge on any atom is 0.259 e. The third kappa shape index (κ3) is 4.46. The maximum atomic E-state index is 12.6. The smallest absolute Gasteiger partial charge is 0.259 e. The number of ether oxygens (including phenoxy) is 1. The molecule has 1 aromatic heterocycles. The van der Waals surface area contributed by atoms with Gasteiger partial charge in [-0.1, -0.05) is 12.1 Å². The molecule has 2 aromatic carbocycles. The summed E-state index contributed by atoms with van der Waals surface area (Å²) in [5.41, 5.74) is 2.07. The Bertz CT molecular complexity index is 845. The molecule has 0 aliphatic carbocycles. The fourth-order valence-electron chi connectivity index (χ4n) is 2.36. The van der Waals surface area contributed by atoms with Crippen molar-refractivity contribution in [2.45, 2.75) is 0 Å². The second-order valence-electron chi connectivity index (χ2n) is 5.99. The van der Waals surface area contributed by atoms with Crippen molar-refractivity contribution in [1.82, 2.24) is 19.7 Å². The molecule has 0 saturated carbocycles. The molecule has 0 unspecified atom stereocenters. The molecule has 0 fully saturated rings. The van der Waals surface area contributed by atoms with Crippen LogP contribution < -0.4 is 10.1 Å². The molecule has 0 radical (unpaired) electrons. The predicted molar refractivity (Wildman–Crippen MR) is 99.8 cm³/mol. The van der Waals surface area contributed by atoms with Gasteiger partial charge in [0, 0.05) is 12.2 Å². The Morgan fingerprint density at radius 3 is 2.62 bits per heavy atom. The number of benzene rings is 2. The lowest BCUT2D eigenvalue weighted by atomic mass is 10.2. The van der Waals surface area contributed by atoms with Crippen LogP contribution in [-0.4, -0.2) is 52.8 Å². The van der Waals surface area contributed by atoms with Gasteiger partial charge in [0.2, 0.25) is 0 Å². The summed E-state index contributed by atoms with van der Waals surface area (Å²) in [4.78, 5) is 18.6. The average Bonchev–Trinajstić information content (AvgIpc) is 3.17. The summed E-state index contributed by atoms with van der Waals surface area (Å²) >= 11 is 0. The van der Waals surface area contributed by atoms with Crippen molar-refractivity contribution in [1.29, 1.82) is 0 Å². The van der Waals surface area contributed by atoms with Crippen LogP contribution >= 0.6 is 0 Å². The molecule has 7 heteroatoms. The molecule has 0 atom stereocenters. The van der Waals surface area contributed by atoms with Gasteiger partial charge in [0.15, 0.2) is 0 Å². The molecule has 0 spiro atoms. The van der Waals surface area contributed by atoms with Gasteiger partial charge in [0.05, 0.1) is 11.3 Å². The number of nitrogens with one attached hydrogen (secondary N) is 1. The number of aromatic nitrogens is 3. The number of likely N-dealkylation sites (N-methyl/N-ethyl adjacent to an activating group) is 1. The molecule has 0 aliphatic rings. The molecule has 1 N–H and O–H groups in total. The Morgan fingerprint density at radius 2 is 1.92 bits per heavy atom. The first-order chi connectivity index (χ1) is 12.6. The van der Waals surface area contributed by atoms with Crippen molar-refractivity contribution in [3.05, 3.63) is 66.7 Å². The molecule has 3 rings (SSSR count). The molecule has 1 amide bonds. The number of hydrogen-bond donors (Lipinski definition) is 1. The predicted octanol–water partition coefficient (Wildman–Crippen LogP) is 2.46. The van der Waals surface area contributed by atoms with Crippen LogP contribution in [0.5, 0.6) is 5.75 Å². The third-order valence-corrected chi connectivity index (χ3v) is 3.74. The SMILES string of the molecule is CN(C)CCOc1ccccc1C(=O)Nc1ccc(-n2cncn2)cc1. The Balaban J connectivity index is 1.68. The Labute approximate surface area is 152 Å². The van der Waals surface area contributed by atoms with Gasteiger partial charge < -0.3 is 15.0 Å². The number of para-hydroxylation sites is 1. The molecule has 26 heavy (non-hydrogen) atoms. The van der Waals surface area contributed by atoms with E-state index < -0.39 is 0 Å². The molecule has 3 aromatic rings. The van der Waals surface area contributed by atoms with E-state index in [9.17, 15) is 4.79 Å². The van der Waals surface area contributed by atoms with Gasteiger partial charge in [0.25, 0.3) is 5.91 Å². The van der Waals surface area contributed by atoms with Crippen molar-refractivity contribution >= 4 is 11.6 Å². The second-order valence-corrected chi connectivity index (χ2v) is 5.99. The normalized spacial score (nSPS) is 10.7. The van der Waals surface area contributed by atoms with Gasteiger partial charge in [-0.05, 0) is 50.5 Å². The fraction of sp³-hybridized carbons (Fsp3) is 0.211. The zero-order valence-electron chi connectivity index (χ0n) is 14.8. The van der Waals surface area contributed by atoms with E-state index in [1.807, 2.05) is 55.4 Å². The highest BCUT2D eigenvalue weighted by molar-refractivity contribution is 6.06. The van der Waals surface area contributed by atoms with Gasteiger partial charge in [-0.25, -0.2) is 9.67 Å². The van der Waals surface area contributed by atoms with E-state index in [-0.39, 0.29) is 5.91 Å². The highest BCUT2D eigenvalue weighted by atomic mass is 16.5. The number of rotatable bonds is 7. The first-order valence-corrected chi connectivity index (χ1v) is 8.26. The highest BCUT2D eigenvalue weighted by Crippen LogP contribution is 2.20. The lowest BCUT2D eigenvalue weighted by Crippen LogP contribution is -2.20. The lowest BCUT2D eigenvalue weighted by Gasteiger charge is -2.14. The summed E-state index contributed by atoms with van der Waals surface area (Å²) in [6.07, 6.45) is 3.10. The topological polar surface area (TPSA) is 72.3 Å². The number of carbonyl (C=O) groups is 1. The monoisotopic (exact) mass is 351 g/mol. The van der Waals surface area contributed by atoms with E-state index in [0.717, 1.165) is 12.2 Å². The molecule has 134 valence electrons. The average molecular weight is 351 g/mol. The van der Waals surface area contributed by atoms with E-state index >= 15 is 0 Å². The number of anilines is 1. The largest absolute Gasteiger partial charge is 0.491 e. The number of carbonyl (C=O) groups excluding carboxylic acids is 1. The van der Waals surface area contributed by atoms with Crippen molar-refractivity contribution in [3.8, 4) is 11.4 Å². The first-order valence-electron chi connectivity index (χ1n) is 8.26. The molecule has 0 saturated heterocycles. The van der Waals surface area contributed by atoms with Crippen LogP contribution in [0.4, 0.5) is 5.69 Å². The summed E-state index contributed by atoms with van der Waals surface area (Å²) in [5, 5.41) is 6.97. The second kappa shape index (κ2) is 8.26. The molecule has 1 heterocycles. The first kappa shape index (κ1) is 17.6. The Kier molecular flexibility index (Phi) is 5.60. The Hall–Kier alpha value is -3.19. The van der Waals surface area contributed by atoms with Crippen molar-refractivity contribution in [3.63, 3.8) is 0 Å². The van der Waals surface area contributed by atoms with Crippen LogP contribution in [0.2, 0.25) is 0 Å². The zero-order valence-corrected chi connectivity index (χ0v) is 14.8. The quantitative estimate of drug-likeness (QED) is 0.708. The van der Waals surface area contributed by atoms with Gasteiger partial charge >= 0.3 is 0 Å². The fourth-order valence-corrected chi connectivity index (χ4v) is 2.36. The number of amides is 1. The van der Waals surface area contributed by atoms with Gasteiger partial charge in [-0.2, -0.15) is 5.10 Å². The minimum absolute atomic E-state index is 0.209. The van der Waals surface area contributed by atoms with Gasteiger partial charge in [-0.3, -0.25) is 4.79 Å². The summed E-state index contributed by atoms with van der Waals surface area (Å²) in [7, 11) is 3.95. The standard InChI is InChI=1S/C19H21N5O2/c1-23(2)11-12-26-18-6-4-3-5-17(18)19(25)22-15-7-9-16(10-8-15)24-14-20-13-21-24/h3-10,13-14H,11-12H2,1-2H3,(H,22,25). The minimum Gasteiger partial charge on any atom is -0.491 e. The van der Waals surface area contributed by atoms with E-state index in [1.54, 1.807) is 23.1 Å². The molecule has 0 aliphatic heterocycles. The van der Waals surface area contributed by atoms with E-state index in [1.165, 1.54) is 6.33 Å². The summed E-state index contributed by atoms with van der Waals surface area (Å²) in [5.74, 6) is 0.366. The Morgan fingerprint density at radius 1 is 1.15 bits per heavy atom. The zero-order chi connectivity index (χ0) is 18.4. The summed E-state index contributed by atoms with van der Waals surface area (Å²) in [6, 6.07) is 14.6. The summed E-state index contributed by atoms with van der Waals surface area (Å²) in [6.45, 7) is 1.30. The van der Waals surface area contributed by atoms with E-state index in [4.69, 9.17) is 4.74 Å². The van der Waals surface area contributed by atoms with Gasteiger partial charge in [0.1, 0.15) is 25.0 Å². The van der Waals surface area contributed by atoms with Gasteiger partial charge in [-0.15, -0.1) is 0 Å². The van der Waals surface area contributed by atoms with Crippen molar-refractivity contribution in [2.24, 2.45) is 0 Å². The molecular formula is C19H21N5O2. The van der Waals surface area contributed by atoms with Crippen LogP contribution in [0.25, 0.3) is 5.69 Å². The van der Waals surface area contributed by atoms with Crippen LogP contribution in [0.1, 0.15) is 10.4 Å². The number of hydrogen-bond acceptors (Lipinski definition) is 5. The van der Waals surface area contributed by atoms with Crippen LogP contribution in [0.15, 0.2) is 61.2 Å². The summed E-state index contributed by atoms with van der Waals surface area (Å²) < 4.78 is 7.41. The molecule has 7 nitrogen and oxygen atoms in total. The van der Waals surface area contributed by atoms with Crippen molar-refractivity contribution in [2.75, 3.05) is 32.6 Å². The van der Waals surface area contributed by atoms with E-state index in [2.05, 4.69) is 15.4 Å². The molecule has 0 bridgehead atoms. The lowest BCUT2D eigenvalue weighted by molar-refractivity contribution is 0.102.